The number of aromatic amines is 1. The standard InChI is InChI=1S/C26H25ClN4O6S/c1-35-23-9-6-16(13-29-23)19-4-2-3-5-22(19)37-15-18-14-31(10-11-36-18)38(33,34)25-20-12-17(27)7-8-21(20)30-24(25)26(28)32/h2-9,12-13,18,30H,10-11,14-15H2,1H3,(H2,28,32). The second-order valence-corrected chi connectivity index (χ2v) is 10.9. The number of sulfonamides is 1. The van der Waals surface area contributed by atoms with Gasteiger partial charge in [-0.2, -0.15) is 4.31 Å². The third-order valence-electron chi connectivity index (χ3n) is 6.23. The summed E-state index contributed by atoms with van der Waals surface area (Å²) in [5.41, 5.74) is 7.43. The van der Waals surface area contributed by atoms with Crippen LogP contribution in [0.15, 0.2) is 65.7 Å². The van der Waals surface area contributed by atoms with Crippen LogP contribution in [0.5, 0.6) is 11.6 Å². The van der Waals surface area contributed by atoms with Crippen LogP contribution in [-0.2, 0) is 14.8 Å². The number of para-hydroxylation sites is 1. The van der Waals surface area contributed by atoms with Gasteiger partial charge < -0.3 is 24.9 Å². The van der Waals surface area contributed by atoms with Crippen molar-refractivity contribution in [3.63, 3.8) is 0 Å². The molecule has 0 spiro atoms. The summed E-state index contributed by atoms with van der Waals surface area (Å²) < 4.78 is 45.8. The minimum Gasteiger partial charge on any atom is -0.490 e. The molecule has 2 aromatic carbocycles. The van der Waals surface area contributed by atoms with E-state index in [9.17, 15) is 13.2 Å². The van der Waals surface area contributed by atoms with Crippen molar-refractivity contribution >= 4 is 38.4 Å². The first-order valence-electron chi connectivity index (χ1n) is 11.7. The number of amides is 1. The highest BCUT2D eigenvalue weighted by Gasteiger charge is 2.36. The number of fused-ring (bicyclic) bond motifs is 1. The number of pyridine rings is 1. The van der Waals surface area contributed by atoms with E-state index in [0.29, 0.717) is 27.6 Å². The van der Waals surface area contributed by atoms with Gasteiger partial charge in [0.1, 0.15) is 29.0 Å². The predicted molar refractivity (Wildman–Crippen MR) is 142 cm³/mol. The first-order chi connectivity index (χ1) is 18.3. The lowest BCUT2D eigenvalue weighted by Gasteiger charge is -2.32. The molecule has 1 aliphatic rings. The Labute approximate surface area is 224 Å². The molecular weight excluding hydrogens is 532 g/mol. The van der Waals surface area contributed by atoms with E-state index in [1.54, 1.807) is 31.5 Å². The summed E-state index contributed by atoms with van der Waals surface area (Å²) in [5.74, 6) is 0.222. The number of hydrogen-bond donors (Lipinski definition) is 2. The molecule has 0 bridgehead atoms. The molecule has 1 amide bonds. The molecule has 5 rings (SSSR count). The van der Waals surface area contributed by atoms with Gasteiger partial charge in [0.25, 0.3) is 5.91 Å². The molecule has 1 atom stereocenters. The largest absolute Gasteiger partial charge is 0.490 e. The van der Waals surface area contributed by atoms with Crippen LogP contribution < -0.4 is 15.2 Å². The van der Waals surface area contributed by atoms with Gasteiger partial charge in [0.2, 0.25) is 15.9 Å². The normalized spacial score (nSPS) is 16.4. The van der Waals surface area contributed by atoms with Crippen molar-refractivity contribution in [1.29, 1.82) is 0 Å². The molecule has 3 N–H and O–H groups in total. The molecule has 1 fully saturated rings. The maximum Gasteiger partial charge on any atom is 0.266 e. The van der Waals surface area contributed by atoms with Gasteiger partial charge in [-0.3, -0.25) is 4.79 Å². The van der Waals surface area contributed by atoms with E-state index in [1.807, 2.05) is 30.3 Å². The molecule has 10 nitrogen and oxygen atoms in total. The molecule has 1 unspecified atom stereocenters. The Kier molecular flexibility index (Phi) is 7.26. The molecule has 4 aromatic rings. The third kappa shape index (κ3) is 5.05. The van der Waals surface area contributed by atoms with Crippen molar-refractivity contribution in [2.24, 2.45) is 5.73 Å². The first-order valence-corrected chi connectivity index (χ1v) is 13.5. The molecule has 1 aliphatic heterocycles. The third-order valence-corrected chi connectivity index (χ3v) is 8.41. The van der Waals surface area contributed by atoms with Gasteiger partial charge in [-0.1, -0.05) is 29.8 Å². The van der Waals surface area contributed by atoms with E-state index in [2.05, 4.69) is 9.97 Å². The van der Waals surface area contributed by atoms with Gasteiger partial charge >= 0.3 is 0 Å². The minimum absolute atomic E-state index is 0.0278. The number of morpholine rings is 1. The number of methoxy groups -OCH3 is 1. The number of rotatable bonds is 8. The molecule has 0 aliphatic carbocycles. The maximum absolute atomic E-state index is 13.8. The van der Waals surface area contributed by atoms with Crippen LogP contribution in [0.3, 0.4) is 0 Å². The van der Waals surface area contributed by atoms with E-state index in [1.165, 1.54) is 10.4 Å². The number of nitrogens with one attached hydrogen (secondary N) is 1. The lowest BCUT2D eigenvalue weighted by atomic mass is 10.1. The Bertz CT molecular complexity index is 1590. The number of ether oxygens (including phenoxy) is 3. The quantitative estimate of drug-likeness (QED) is 0.339. The van der Waals surface area contributed by atoms with Crippen molar-refractivity contribution in [1.82, 2.24) is 14.3 Å². The van der Waals surface area contributed by atoms with Gasteiger partial charge in [-0.15, -0.1) is 0 Å². The number of aromatic nitrogens is 2. The van der Waals surface area contributed by atoms with Crippen molar-refractivity contribution in [3.8, 4) is 22.8 Å². The Morgan fingerprint density at radius 1 is 1.24 bits per heavy atom. The smallest absolute Gasteiger partial charge is 0.266 e. The molecular formula is C26H25ClN4O6S. The number of carbonyl (C=O) groups is 1. The Morgan fingerprint density at radius 3 is 2.79 bits per heavy atom. The number of hydrogen-bond acceptors (Lipinski definition) is 7. The fraction of sp³-hybridized carbons (Fsp3) is 0.231. The van der Waals surface area contributed by atoms with E-state index in [4.69, 9.17) is 31.5 Å². The van der Waals surface area contributed by atoms with Crippen molar-refractivity contribution < 1.29 is 27.4 Å². The molecule has 198 valence electrons. The molecule has 0 saturated carbocycles. The molecule has 12 heteroatoms. The summed E-state index contributed by atoms with van der Waals surface area (Å²) in [6.45, 7) is 0.403. The molecule has 1 saturated heterocycles. The van der Waals surface area contributed by atoms with Crippen molar-refractivity contribution in [2.75, 3.05) is 33.4 Å². The number of primary amides is 1. The van der Waals surface area contributed by atoms with Gasteiger partial charge in [-0.25, -0.2) is 13.4 Å². The van der Waals surface area contributed by atoms with Gasteiger partial charge in [0.05, 0.1) is 13.7 Å². The Balaban J connectivity index is 1.37. The molecule has 3 heterocycles. The van der Waals surface area contributed by atoms with E-state index in [0.717, 1.165) is 11.1 Å². The SMILES string of the molecule is COc1ccc(-c2ccccc2OCC2CN(S(=O)(=O)c3c(C(N)=O)[nH]c4ccc(Cl)cc34)CCO2)cn1. The Morgan fingerprint density at radius 2 is 2.05 bits per heavy atom. The highest BCUT2D eigenvalue weighted by molar-refractivity contribution is 7.89. The molecule has 38 heavy (non-hydrogen) atoms. The van der Waals surface area contributed by atoms with Crippen molar-refractivity contribution in [3.05, 3.63) is 71.5 Å². The number of halogens is 1. The predicted octanol–water partition coefficient (Wildman–Crippen LogP) is 3.46. The monoisotopic (exact) mass is 556 g/mol. The average molecular weight is 557 g/mol. The first kappa shape index (κ1) is 26.0. The van der Waals surface area contributed by atoms with Crippen molar-refractivity contribution in [2.45, 2.75) is 11.0 Å². The summed E-state index contributed by atoms with van der Waals surface area (Å²) in [7, 11) is -2.57. The molecule has 0 radical (unpaired) electrons. The molecule has 2 aromatic heterocycles. The number of nitrogens with two attached hydrogens (primary N) is 1. The zero-order valence-electron chi connectivity index (χ0n) is 20.4. The number of benzene rings is 2. The maximum atomic E-state index is 13.8. The van der Waals surface area contributed by atoms with Crippen LogP contribution in [0.2, 0.25) is 5.02 Å². The minimum atomic E-state index is -4.12. The van der Waals surface area contributed by atoms with Gasteiger partial charge in [0.15, 0.2) is 0 Å². The summed E-state index contributed by atoms with van der Waals surface area (Å²) in [5, 5.41) is 0.635. The van der Waals surface area contributed by atoms with Gasteiger partial charge in [0, 0.05) is 52.4 Å². The summed E-state index contributed by atoms with van der Waals surface area (Å²) in [4.78, 5) is 19.0. The summed E-state index contributed by atoms with van der Waals surface area (Å²) >= 11 is 6.12. The van der Waals surface area contributed by atoms with Crippen LogP contribution in [0.4, 0.5) is 0 Å². The van der Waals surface area contributed by atoms with Crippen LogP contribution in [-0.4, -0.2) is 68.1 Å². The summed E-state index contributed by atoms with van der Waals surface area (Å²) in [6, 6.07) is 15.8. The topological polar surface area (TPSA) is 137 Å². The number of carbonyl (C=O) groups excluding carboxylic acids is 1. The number of H-pyrrole nitrogens is 1. The van der Waals surface area contributed by atoms with Crippen LogP contribution in [0.1, 0.15) is 10.5 Å². The van der Waals surface area contributed by atoms with E-state index >= 15 is 0 Å². The second-order valence-electron chi connectivity index (χ2n) is 8.64. The second kappa shape index (κ2) is 10.6. The van der Waals surface area contributed by atoms with Crippen LogP contribution >= 0.6 is 11.6 Å². The van der Waals surface area contributed by atoms with Gasteiger partial charge in [-0.05, 0) is 30.3 Å². The average Bonchev–Trinajstić information content (AvgIpc) is 3.32. The zero-order chi connectivity index (χ0) is 26.9. The van der Waals surface area contributed by atoms with Crippen LogP contribution in [0, 0.1) is 0 Å². The highest BCUT2D eigenvalue weighted by Crippen LogP contribution is 2.33. The van der Waals surface area contributed by atoms with E-state index < -0.39 is 22.0 Å². The zero-order valence-corrected chi connectivity index (χ0v) is 22.0. The van der Waals surface area contributed by atoms with Crippen LogP contribution in [0.25, 0.3) is 22.0 Å². The fourth-order valence-electron chi connectivity index (χ4n) is 4.40. The fourth-order valence-corrected chi connectivity index (χ4v) is 6.36. The lowest BCUT2D eigenvalue weighted by Crippen LogP contribution is -2.47. The van der Waals surface area contributed by atoms with E-state index in [-0.39, 0.29) is 36.9 Å². The lowest BCUT2D eigenvalue weighted by molar-refractivity contribution is -0.0248. The number of nitrogens with zero attached hydrogens (tertiary/aromatic N) is 2. The Hall–Kier alpha value is -3.64. The summed E-state index contributed by atoms with van der Waals surface area (Å²) in [6.07, 6.45) is 1.14. The highest BCUT2D eigenvalue weighted by atomic mass is 35.5.